The van der Waals surface area contributed by atoms with Crippen molar-refractivity contribution in [3.8, 4) is 0 Å². The second kappa shape index (κ2) is 5.27. The molecule has 0 aromatic rings. The van der Waals surface area contributed by atoms with Gasteiger partial charge in [0.25, 0.3) is 0 Å². The lowest BCUT2D eigenvalue weighted by Gasteiger charge is -2.44. The molecule has 0 unspecified atom stereocenters. The van der Waals surface area contributed by atoms with Gasteiger partial charge < -0.3 is 9.47 Å². The van der Waals surface area contributed by atoms with Crippen molar-refractivity contribution in [2.75, 3.05) is 13.2 Å². The zero-order chi connectivity index (χ0) is 11.6. The van der Waals surface area contributed by atoms with Crippen LogP contribution in [0.2, 0.25) is 0 Å². The molecule has 2 heteroatoms. The smallest absolute Gasteiger partial charge is 0.174 e. The second-order valence-corrected chi connectivity index (χ2v) is 6.09. The van der Waals surface area contributed by atoms with Crippen molar-refractivity contribution < 1.29 is 9.47 Å². The van der Waals surface area contributed by atoms with Gasteiger partial charge in [0.1, 0.15) is 0 Å². The van der Waals surface area contributed by atoms with E-state index in [4.69, 9.17) is 9.47 Å². The predicted molar refractivity (Wildman–Crippen MR) is 67.8 cm³/mol. The van der Waals surface area contributed by atoms with Crippen LogP contribution in [0.5, 0.6) is 0 Å². The van der Waals surface area contributed by atoms with Gasteiger partial charge in [0, 0.05) is 11.8 Å². The molecule has 2 nitrogen and oxygen atoms in total. The summed E-state index contributed by atoms with van der Waals surface area (Å²) in [5.41, 5.74) is 0. The lowest BCUT2D eigenvalue weighted by molar-refractivity contribution is -0.242. The normalized spacial score (nSPS) is 31.8. The monoisotopic (exact) mass is 238 g/mol. The predicted octanol–water partition coefficient (Wildman–Crippen LogP) is 3.89. The van der Waals surface area contributed by atoms with Gasteiger partial charge in [-0.3, -0.25) is 0 Å². The molecular weight excluding hydrogens is 212 g/mol. The summed E-state index contributed by atoms with van der Waals surface area (Å²) in [6, 6.07) is 0. The third-order valence-corrected chi connectivity index (χ3v) is 5.09. The SMILES string of the molecule is C1CCC(C2(C3CCCCC3)OCCO2)CC1. The lowest BCUT2D eigenvalue weighted by Crippen LogP contribution is -2.47. The fourth-order valence-electron chi connectivity index (χ4n) is 4.26. The summed E-state index contributed by atoms with van der Waals surface area (Å²) >= 11 is 0. The largest absolute Gasteiger partial charge is 0.347 e. The van der Waals surface area contributed by atoms with Crippen LogP contribution in [0.1, 0.15) is 64.2 Å². The van der Waals surface area contributed by atoms with Crippen molar-refractivity contribution >= 4 is 0 Å². The summed E-state index contributed by atoms with van der Waals surface area (Å²) in [6.45, 7) is 1.65. The Kier molecular flexibility index (Phi) is 3.72. The standard InChI is InChI=1S/C15H26O2/c1-3-7-13(8-4-1)15(16-11-12-17-15)14-9-5-2-6-10-14/h13-14H,1-12H2. The molecule has 1 heterocycles. The van der Waals surface area contributed by atoms with Crippen molar-refractivity contribution in [1.82, 2.24) is 0 Å². The molecule has 2 aliphatic carbocycles. The Labute approximate surface area is 105 Å². The number of ether oxygens (including phenoxy) is 2. The molecule has 3 rings (SSSR count). The summed E-state index contributed by atoms with van der Waals surface area (Å²) in [5, 5.41) is 0. The molecular formula is C15H26O2. The molecule has 0 bridgehead atoms. The van der Waals surface area contributed by atoms with E-state index in [0.29, 0.717) is 11.8 Å². The molecule has 3 aliphatic rings. The highest BCUT2D eigenvalue weighted by atomic mass is 16.7. The summed E-state index contributed by atoms with van der Waals surface area (Å²) in [6.07, 6.45) is 13.7. The molecule has 98 valence electrons. The Morgan fingerprint density at radius 1 is 0.588 bits per heavy atom. The summed E-state index contributed by atoms with van der Waals surface area (Å²) < 4.78 is 12.4. The molecule has 0 aromatic carbocycles. The molecule has 1 saturated heterocycles. The third-order valence-electron chi connectivity index (χ3n) is 5.09. The van der Waals surface area contributed by atoms with Gasteiger partial charge in [0.15, 0.2) is 5.79 Å². The van der Waals surface area contributed by atoms with Crippen LogP contribution >= 0.6 is 0 Å². The first-order valence-corrected chi connectivity index (χ1v) is 7.70. The van der Waals surface area contributed by atoms with Crippen LogP contribution in [-0.4, -0.2) is 19.0 Å². The molecule has 0 N–H and O–H groups in total. The quantitative estimate of drug-likeness (QED) is 0.726. The first kappa shape index (κ1) is 12.0. The van der Waals surface area contributed by atoms with Crippen molar-refractivity contribution in [2.45, 2.75) is 70.0 Å². The summed E-state index contributed by atoms with van der Waals surface area (Å²) in [7, 11) is 0. The maximum Gasteiger partial charge on any atom is 0.174 e. The Balaban J connectivity index is 1.75. The van der Waals surface area contributed by atoms with Crippen molar-refractivity contribution in [1.29, 1.82) is 0 Å². The van der Waals surface area contributed by atoms with E-state index in [1.54, 1.807) is 0 Å². The van der Waals surface area contributed by atoms with Gasteiger partial charge in [-0.1, -0.05) is 38.5 Å². The zero-order valence-electron chi connectivity index (χ0n) is 11.0. The fraction of sp³-hybridized carbons (Fsp3) is 1.00. The summed E-state index contributed by atoms with van der Waals surface area (Å²) in [4.78, 5) is 0. The van der Waals surface area contributed by atoms with Crippen LogP contribution in [0, 0.1) is 11.8 Å². The minimum atomic E-state index is -0.166. The van der Waals surface area contributed by atoms with E-state index < -0.39 is 0 Å². The van der Waals surface area contributed by atoms with E-state index in [2.05, 4.69) is 0 Å². The molecule has 0 radical (unpaired) electrons. The number of hydrogen-bond donors (Lipinski definition) is 0. The number of rotatable bonds is 2. The minimum absolute atomic E-state index is 0.166. The first-order chi connectivity index (χ1) is 8.42. The van der Waals surface area contributed by atoms with Gasteiger partial charge >= 0.3 is 0 Å². The zero-order valence-corrected chi connectivity index (χ0v) is 11.0. The third kappa shape index (κ3) is 2.26. The van der Waals surface area contributed by atoms with Gasteiger partial charge in [-0.15, -0.1) is 0 Å². The van der Waals surface area contributed by atoms with Gasteiger partial charge in [0.2, 0.25) is 0 Å². The van der Waals surface area contributed by atoms with E-state index in [9.17, 15) is 0 Å². The average Bonchev–Trinajstić information content (AvgIpc) is 2.91. The molecule has 3 fully saturated rings. The van der Waals surface area contributed by atoms with Crippen molar-refractivity contribution in [3.63, 3.8) is 0 Å². The minimum Gasteiger partial charge on any atom is -0.347 e. The van der Waals surface area contributed by atoms with Gasteiger partial charge in [-0.05, 0) is 25.7 Å². The molecule has 0 spiro atoms. The fourth-order valence-corrected chi connectivity index (χ4v) is 4.26. The van der Waals surface area contributed by atoms with Gasteiger partial charge in [-0.25, -0.2) is 0 Å². The van der Waals surface area contributed by atoms with Crippen LogP contribution < -0.4 is 0 Å². The average molecular weight is 238 g/mol. The van der Waals surface area contributed by atoms with E-state index >= 15 is 0 Å². The Morgan fingerprint density at radius 3 is 1.41 bits per heavy atom. The van der Waals surface area contributed by atoms with E-state index in [1.165, 1.54) is 64.2 Å². The highest BCUT2D eigenvalue weighted by Gasteiger charge is 2.50. The number of hydrogen-bond acceptors (Lipinski definition) is 2. The highest BCUT2D eigenvalue weighted by molar-refractivity contribution is 4.91. The van der Waals surface area contributed by atoms with Crippen LogP contribution in [0.25, 0.3) is 0 Å². The molecule has 0 atom stereocenters. The molecule has 2 saturated carbocycles. The van der Waals surface area contributed by atoms with Gasteiger partial charge in [-0.2, -0.15) is 0 Å². The van der Waals surface area contributed by atoms with Gasteiger partial charge in [0.05, 0.1) is 13.2 Å². The topological polar surface area (TPSA) is 18.5 Å². The maximum absolute atomic E-state index is 6.20. The molecule has 0 aromatic heterocycles. The lowest BCUT2D eigenvalue weighted by atomic mass is 9.72. The van der Waals surface area contributed by atoms with Crippen LogP contribution in [0.4, 0.5) is 0 Å². The first-order valence-electron chi connectivity index (χ1n) is 7.70. The Morgan fingerprint density at radius 2 is 1.00 bits per heavy atom. The van der Waals surface area contributed by atoms with E-state index in [0.717, 1.165) is 13.2 Å². The van der Waals surface area contributed by atoms with Crippen LogP contribution in [0.3, 0.4) is 0 Å². The highest BCUT2D eigenvalue weighted by Crippen LogP contribution is 2.47. The van der Waals surface area contributed by atoms with Crippen molar-refractivity contribution in [3.05, 3.63) is 0 Å². The summed E-state index contributed by atoms with van der Waals surface area (Å²) in [5.74, 6) is 1.20. The maximum atomic E-state index is 6.20. The molecule has 1 aliphatic heterocycles. The van der Waals surface area contributed by atoms with E-state index in [-0.39, 0.29) is 5.79 Å². The van der Waals surface area contributed by atoms with Crippen LogP contribution in [-0.2, 0) is 9.47 Å². The van der Waals surface area contributed by atoms with Crippen LogP contribution in [0.15, 0.2) is 0 Å². The second-order valence-electron chi connectivity index (χ2n) is 6.09. The molecule has 17 heavy (non-hydrogen) atoms. The Hall–Kier alpha value is -0.0800. The van der Waals surface area contributed by atoms with Crippen molar-refractivity contribution in [2.24, 2.45) is 11.8 Å². The Bertz CT molecular complexity index is 213. The van der Waals surface area contributed by atoms with E-state index in [1.807, 2.05) is 0 Å². The molecule has 0 amide bonds.